The molecule has 0 N–H and O–H groups in total. The third-order valence-corrected chi connectivity index (χ3v) is 2.71. The zero-order valence-corrected chi connectivity index (χ0v) is 10.8. The van der Waals surface area contributed by atoms with Gasteiger partial charge in [-0.25, -0.2) is 0 Å². The van der Waals surface area contributed by atoms with E-state index in [0.717, 1.165) is 21.3 Å². The van der Waals surface area contributed by atoms with Gasteiger partial charge in [-0.2, -0.15) is 5.26 Å². The van der Waals surface area contributed by atoms with Crippen LogP contribution in [-0.2, 0) is 6.42 Å². The van der Waals surface area contributed by atoms with Crippen molar-refractivity contribution in [2.45, 2.75) is 26.2 Å². The smallest absolute Gasteiger partial charge is 0.126 e. The average molecular weight is 268 g/mol. The van der Waals surface area contributed by atoms with Gasteiger partial charge >= 0.3 is 0 Å². The van der Waals surface area contributed by atoms with Crippen LogP contribution in [0, 0.1) is 11.3 Å². The fourth-order valence-corrected chi connectivity index (χ4v) is 2.09. The molecule has 0 aromatic heterocycles. The lowest BCUT2D eigenvalue weighted by Gasteiger charge is -2.15. The molecule has 15 heavy (non-hydrogen) atoms. The Balaban J connectivity index is 3.33. The zero-order chi connectivity index (χ0) is 11.4. The molecule has 0 aliphatic rings. The second kappa shape index (κ2) is 5.18. The number of hydrogen-bond acceptors (Lipinski definition) is 2. The lowest BCUT2D eigenvalue weighted by molar-refractivity contribution is 0.403. The van der Waals surface area contributed by atoms with Crippen molar-refractivity contribution >= 4 is 15.9 Å². The Morgan fingerprint density at radius 3 is 2.60 bits per heavy atom. The molecule has 1 aromatic carbocycles. The van der Waals surface area contributed by atoms with Gasteiger partial charge in [-0.05, 0) is 23.6 Å². The van der Waals surface area contributed by atoms with Crippen molar-refractivity contribution in [1.29, 1.82) is 5.26 Å². The Morgan fingerprint density at radius 1 is 1.47 bits per heavy atom. The highest BCUT2D eigenvalue weighted by Crippen LogP contribution is 2.33. The van der Waals surface area contributed by atoms with E-state index in [1.165, 1.54) is 0 Å². The fourth-order valence-electron chi connectivity index (χ4n) is 1.57. The molecule has 1 aromatic rings. The van der Waals surface area contributed by atoms with Crippen molar-refractivity contribution in [3.05, 3.63) is 27.7 Å². The van der Waals surface area contributed by atoms with E-state index < -0.39 is 0 Å². The molecule has 0 heterocycles. The van der Waals surface area contributed by atoms with Crippen LogP contribution in [0.15, 0.2) is 16.6 Å². The topological polar surface area (TPSA) is 33.0 Å². The van der Waals surface area contributed by atoms with Crippen LogP contribution in [0.3, 0.4) is 0 Å². The Hall–Kier alpha value is -1.01. The molecule has 0 radical (unpaired) electrons. The summed E-state index contributed by atoms with van der Waals surface area (Å²) in [6, 6.07) is 6.14. The maximum atomic E-state index is 8.74. The van der Waals surface area contributed by atoms with E-state index in [2.05, 4.69) is 35.8 Å². The van der Waals surface area contributed by atoms with E-state index in [9.17, 15) is 0 Å². The predicted molar refractivity (Wildman–Crippen MR) is 64.1 cm³/mol. The van der Waals surface area contributed by atoms with Crippen molar-refractivity contribution < 1.29 is 4.74 Å². The summed E-state index contributed by atoms with van der Waals surface area (Å²) >= 11 is 3.45. The quantitative estimate of drug-likeness (QED) is 0.838. The number of rotatable bonds is 3. The first-order valence-corrected chi connectivity index (χ1v) is 5.62. The molecular weight excluding hydrogens is 254 g/mol. The second-order valence-electron chi connectivity index (χ2n) is 3.68. The van der Waals surface area contributed by atoms with E-state index in [0.29, 0.717) is 12.3 Å². The standard InChI is InChI=1S/C12H14BrNO/c1-8(2)11-7-10(13)6-9(4-5-14)12(11)15-3/h6-8H,4H2,1-3H3. The van der Waals surface area contributed by atoms with E-state index >= 15 is 0 Å². The molecule has 3 heteroatoms. The Bertz CT molecular complexity index is 393. The molecule has 0 bridgehead atoms. The lowest BCUT2D eigenvalue weighted by atomic mass is 9.98. The fraction of sp³-hybridized carbons (Fsp3) is 0.417. The van der Waals surface area contributed by atoms with Crippen molar-refractivity contribution in [1.82, 2.24) is 0 Å². The third kappa shape index (κ3) is 2.73. The van der Waals surface area contributed by atoms with Crippen molar-refractivity contribution in [2.75, 3.05) is 7.11 Å². The van der Waals surface area contributed by atoms with Crippen LogP contribution in [0.25, 0.3) is 0 Å². The average Bonchev–Trinajstić information content (AvgIpc) is 2.17. The Labute approximate surface area is 99.0 Å². The molecule has 0 aliphatic heterocycles. The minimum absolute atomic E-state index is 0.377. The maximum Gasteiger partial charge on any atom is 0.126 e. The maximum absolute atomic E-state index is 8.74. The SMILES string of the molecule is COc1c(CC#N)cc(Br)cc1C(C)C. The molecule has 0 fully saturated rings. The van der Waals surface area contributed by atoms with Gasteiger partial charge in [-0.1, -0.05) is 29.8 Å². The van der Waals surface area contributed by atoms with Gasteiger partial charge in [0, 0.05) is 10.0 Å². The summed E-state index contributed by atoms with van der Waals surface area (Å²) in [6.45, 7) is 4.22. The molecular formula is C12H14BrNO. The number of benzene rings is 1. The third-order valence-electron chi connectivity index (χ3n) is 2.25. The van der Waals surface area contributed by atoms with E-state index in [1.807, 2.05) is 12.1 Å². The van der Waals surface area contributed by atoms with Crippen molar-refractivity contribution in [3.63, 3.8) is 0 Å². The number of halogens is 1. The normalized spacial score (nSPS) is 10.1. The number of nitrogens with zero attached hydrogens (tertiary/aromatic N) is 1. The van der Waals surface area contributed by atoms with Crippen molar-refractivity contribution in [2.24, 2.45) is 0 Å². The van der Waals surface area contributed by atoms with Gasteiger partial charge in [0.1, 0.15) is 5.75 Å². The van der Waals surface area contributed by atoms with Gasteiger partial charge in [0.05, 0.1) is 19.6 Å². The van der Waals surface area contributed by atoms with Crippen LogP contribution >= 0.6 is 15.9 Å². The second-order valence-corrected chi connectivity index (χ2v) is 4.59. The minimum Gasteiger partial charge on any atom is -0.496 e. The zero-order valence-electron chi connectivity index (χ0n) is 9.17. The van der Waals surface area contributed by atoms with Crippen LogP contribution in [0.2, 0.25) is 0 Å². The van der Waals surface area contributed by atoms with Crippen molar-refractivity contribution in [3.8, 4) is 11.8 Å². The number of methoxy groups -OCH3 is 1. The molecule has 0 atom stereocenters. The summed E-state index contributed by atoms with van der Waals surface area (Å²) in [5.41, 5.74) is 2.08. The molecule has 0 saturated heterocycles. The molecule has 1 rings (SSSR count). The molecule has 0 unspecified atom stereocenters. The van der Waals surface area contributed by atoms with Gasteiger partial charge in [0.2, 0.25) is 0 Å². The predicted octanol–water partition coefficient (Wildman–Crippen LogP) is 3.65. The van der Waals surface area contributed by atoms with E-state index in [4.69, 9.17) is 10.00 Å². The monoisotopic (exact) mass is 267 g/mol. The highest BCUT2D eigenvalue weighted by molar-refractivity contribution is 9.10. The van der Waals surface area contributed by atoms with Gasteiger partial charge in [0.25, 0.3) is 0 Å². The van der Waals surface area contributed by atoms with Gasteiger partial charge in [-0.15, -0.1) is 0 Å². The Kier molecular flexibility index (Phi) is 4.16. The summed E-state index contributed by atoms with van der Waals surface area (Å²) < 4.78 is 6.37. The van der Waals surface area contributed by atoms with Crippen LogP contribution in [0.4, 0.5) is 0 Å². The number of hydrogen-bond donors (Lipinski definition) is 0. The number of nitriles is 1. The van der Waals surface area contributed by atoms with Gasteiger partial charge < -0.3 is 4.74 Å². The van der Waals surface area contributed by atoms with Gasteiger partial charge in [0.15, 0.2) is 0 Å². The summed E-state index contributed by atoms with van der Waals surface area (Å²) in [7, 11) is 1.65. The summed E-state index contributed by atoms with van der Waals surface area (Å²) in [4.78, 5) is 0. The van der Waals surface area contributed by atoms with Gasteiger partial charge in [-0.3, -0.25) is 0 Å². The minimum atomic E-state index is 0.377. The molecule has 2 nitrogen and oxygen atoms in total. The lowest BCUT2D eigenvalue weighted by Crippen LogP contribution is -1.99. The number of ether oxygens (including phenoxy) is 1. The van der Waals surface area contributed by atoms with E-state index in [-0.39, 0.29) is 0 Å². The highest BCUT2D eigenvalue weighted by atomic mass is 79.9. The first-order chi connectivity index (χ1) is 7.10. The molecule has 0 aliphatic carbocycles. The summed E-state index contributed by atoms with van der Waals surface area (Å²) in [5, 5.41) is 8.74. The van der Waals surface area contributed by atoms with Crippen LogP contribution in [0.5, 0.6) is 5.75 Å². The largest absolute Gasteiger partial charge is 0.496 e. The summed E-state index contributed by atoms with van der Waals surface area (Å²) in [6.07, 6.45) is 0.377. The highest BCUT2D eigenvalue weighted by Gasteiger charge is 2.13. The summed E-state index contributed by atoms with van der Waals surface area (Å²) in [5.74, 6) is 1.23. The van der Waals surface area contributed by atoms with Crippen LogP contribution in [-0.4, -0.2) is 7.11 Å². The van der Waals surface area contributed by atoms with E-state index in [1.54, 1.807) is 7.11 Å². The first kappa shape index (κ1) is 12.1. The Morgan fingerprint density at radius 2 is 2.13 bits per heavy atom. The first-order valence-electron chi connectivity index (χ1n) is 4.83. The molecule has 0 saturated carbocycles. The molecule has 80 valence electrons. The van der Waals surface area contributed by atoms with Crippen LogP contribution < -0.4 is 4.74 Å². The molecule has 0 amide bonds. The molecule has 0 spiro atoms. The van der Waals surface area contributed by atoms with Crippen LogP contribution in [0.1, 0.15) is 30.9 Å².